The first kappa shape index (κ1) is 15.3. The van der Waals surface area contributed by atoms with E-state index in [1.807, 2.05) is 13.0 Å². The molecule has 3 heteroatoms. The Morgan fingerprint density at radius 3 is 2.65 bits per heavy atom. The number of rotatable bonds is 1. The molecule has 1 saturated carbocycles. The van der Waals surface area contributed by atoms with Crippen molar-refractivity contribution in [2.75, 3.05) is 5.73 Å². The molecule has 0 aliphatic heterocycles. The van der Waals surface area contributed by atoms with E-state index in [4.69, 9.17) is 5.73 Å². The van der Waals surface area contributed by atoms with E-state index in [1.54, 1.807) is 6.20 Å². The van der Waals surface area contributed by atoms with Crippen molar-refractivity contribution in [2.45, 2.75) is 65.4 Å². The maximum atomic E-state index is 11.1. The molecule has 0 aromatic carbocycles. The number of pyridine rings is 1. The molecule has 0 saturated heterocycles. The van der Waals surface area contributed by atoms with Gasteiger partial charge in [0, 0.05) is 11.8 Å². The lowest BCUT2D eigenvalue weighted by atomic mass is 9.76. The molecule has 0 bridgehead atoms. The number of nitrogens with zero attached hydrogens (tertiary/aromatic N) is 1. The van der Waals surface area contributed by atoms with Gasteiger partial charge in [-0.3, -0.25) is 0 Å². The zero-order valence-corrected chi connectivity index (χ0v) is 13.2. The van der Waals surface area contributed by atoms with E-state index >= 15 is 0 Å². The molecule has 0 spiro atoms. The van der Waals surface area contributed by atoms with Gasteiger partial charge in [-0.2, -0.15) is 0 Å². The number of hydrogen-bond acceptors (Lipinski definition) is 3. The third kappa shape index (κ3) is 3.14. The highest BCUT2D eigenvalue weighted by atomic mass is 16.3. The topological polar surface area (TPSA) is 59.1 Å². The highest BCUT2D eigenvalue weighted by Gasteiger charge is 2.37. The Morgan fingerprint density at radius 1 is 1.30 bits per heavy atom. The van der Waals surface area contributed by atoms with Crippen molar-refractivity contribution in [1.82, 2.24) is 4.98 Å². The number of aliphatic hydroxyl groups is 1. The van der Waals surface area contributed by atoms with E-state index in [0.717, 1.165) is 36.8 Å². The Morgan fingerprint density at radius 2 is 2.00 bits per heavy atom. The Kier molecular flexibility index (Phi) is 4.10. The molecule has 0 amide bonds. The molecule has 2 atom stereocenters. The van der Waals surface area contributed by atoms with E-state index in [0.29, 0.717) is 17.2 Å². The normalized spacial score (nSPS) is 28.1. The summed E-state index contributed by atoms with van der Waals surface area (Å²) in [6, 6.07) is 2.00. The molecule has 112 valence electrons. The average molecular weight is 276 g/mol. The van der Waals surface area contributed by atoms with Gasteiger partial charge in [-0.1, -0.05) is 20.8 Å². The van der Waals surface area contributed by atoms with Crippen LogP contribution < -0.4 is 5.73 Å². The molecule has 1 aliphatic carbocycles. The summed E-state index contributed by atoms with van der Waals surface area (Å²) in [6.45, 7) is 8.88. The molecule has 1 aromatic heterocycles. The van der Waals surface area contributed by atoms with Crippen LogP contribution in [-0.4, -0.2) is 10.1 Å². The van der Waals surface area contributed by atoms with Crippen molar-refractivity contribution >= 4 is 5.82 Å². The number of hydrogen-bond donors (Lipinski definition) is 2. The molecule has 1 aliphatic rings. The van der Waals surface area contributed by atoms with Crippen LogP contribution in [0.3, 0.4) is 0 Å². The molecule has 3 N–H and O–H groups in total. The van der Waals surface area contributed by atoms with Crippen LogP contribution in [0.1, 0.15) is 64.0 Å². The van der Waals surface area contributed by atoms with Crippen LogP contribution in [0.2, 0.25) is 0 Å². The fraction of sp³-hybridized carbons (Fsp3) is 0.706. The summed E-state index contributed by atoms with van der Waals surface area (Å²) in [5, 5.41) is 11.1. The summed E-state index contributed by atoms with van der Waals surface area (Å²) in [5.74, 6) is 1.14. The van der Waals surface area contributed by atoms with E-state index in [1.165, 1.54) is 6.42 Å². The average Bonchev–Trinajstić information content (AvgIpc) is 2.55. The van der Waals surface area contributed by atoms with Gasteiger partial charge in [-0.25, -0.2) is 4.98 Å². The van der Waals surface area contributed by atoms with Gasteiger partial charge in [0.2, 0.25) is 0 Å². The highest BCUT2D eigenvalue weighted by Crippen LogP contribution is 2.44. The SMILES string of the molecule is Cc1cnc(N)c(C2(O)CCCC(C(C)(C)C)CC2)c1. The fourth-order valence-corrected chi connectivity index (χ4v) is 3.41. The third-order valence-electron chi connectivity index (χ3n) is 4.83. The van der Waals surface area contributed by atoms with Crippen molar-refractivity contribution in [3.63, 3.8) is 0 Å². The van der Waals surface area contributed by atoms with Crippen LogP contribution in [0, 0.1) is 18.3 Å². The van der Waals surface area contributed by atoms with Crippen LogP contribution in [0.5, 0.6) is 0 Å². The van der Waals surface area contributed by atoms with Gasteiger partial charge in [0.15, 0.2) is 0 Å². The van der Waals surface area contributed by atoms with Crippen LogP contribution >= 0.6 is 0 Å². The van der Waals surface area contributed by atoms with Gasteiger partial charge in [-0.15, -0.1) is 0 Å². The number of nitrogens with two attached hydrogens (primary N) is 1. The highest BCUT2D eigenvalue weighted by molar-refractivity contribution is 5.44. The van der Waals surface area contributed by atoms with E-state index in [2.05, 4.69) is 25.8 Å². The molecule has 3 nitrogen and oxygen atoms in total. The second-order valence-electron chi connectivity index (χ2n) is 7.47. The molecule has 1 aromatic rings. The third-order valence-corrected chi connectivity index (χ3v) is 4.83. The molecule has 1 heterocycles. The Hall–Kier alpha value is -1.09. The minimum Gasteiger partial charge on any atom is -0.385 e. The fourth-order valence-electron chi connectivity index (χ4n) is 3.41. The Labute approximate surface area is 122 Å². The smallest absolute Gasteiger partial charge is 0.129 e. The number of aryl methyl sites for hydroxylation is 1. The summed E-state index contributed by atoms with van der Waals surface area (Å²) in [4.78, 5) is 4.22. The molecule has 20 heavy (non-hydrogen) atoms. The van der Waals surface area contributed by atoms with Crippen molar-refractivity contribution in [3.8, 4) is 0 Å². The number of aromatic nitrogens is 1. The van der Waals surface area contributed by atoms with Crippen LogP contribution in [0.15, 0.2) is 12.3 Å². The van der Waals surface area contributed by atoms with E-state index < -0.39 is 5.60 Å². The van der Waals surface area contributed by atoms with Crippen molar-refractivity contribution in [2.24, 2.45) is 11.3 Å². The van der Waals surface area contributed by atoms with Gasteiger partial charge in [-0.05, 0) is 62.0 Å². The molecular weight excluding hydrogens is 248 g/mol. The summed E-state index contributed by atoms with van der Waals surface area (Å²) < 4.78 is 0. The van der Waals surface area contributed by atoms with Gasteiger partial charge in [0.25, 0.3) is 0 Å². The summed E-state index contributed by atoms with van der Waals surface area (Å²) in [7, 11) is 0. The zero-order valence-electron chi connectivity index (χ0n) is 13.2. The number of nitrogen functional groups attached to an aromatic ring is 1. The lowest BCUT2D eigenvalue weighted by molar-refractivity contribution is 0.0184. The minimum absolute atomic E-state index is 0.307. The maximum Gasteiger partial charge on any atom is 0.129 e. The Balaban J connectivity index is 2.25. The predicted octanol–water partition coefficient (Wildman–Crippen LogP) is 3.79. The molecule has 2 unspecified atom stereocenters. The van der Waals surface area contributed by atoms with Crippen LogP contribution in [-0.2, 0) is 5.60 Å². The van der Waals surface area contributed by atoms with Gasteiger partial charge in [0.05, 0.1) is 5.60 Å². The predicted molar refractivity (Wildman–Crippen MR) is 83.3 cm³/mol. The first-order valence-corrected chi connectivity index (χ1v) is 7.67. The van der Waals surface area contributed by atoms with Gasteiger partial charge < -0.3 is 10.8 Å². The van der Waals surface area contributed by atoms with Crippen molar-refractivity contribution in [3.05, 3.63) is 23.4 Å². The standard InChI is InChI=1S/C17H28N2O/c1-12-10-14(15(18)19-11-12)17(20)8-5-6-13(7-9-17)16(2,3)4/h10-11,13,20H,5-9H2,1-4H3,(H2,18,19). The molecule has 2 rings (SSSR count). The van der Waals surface area contributed by atoms with Crippen molar-refractivity contribution < 1.29 is 5.11 Å². The summed E-state index contributed by atoms with van der Waals surface area (Å²) in [6.07, 6.45) is 6.61. The van der Waals surface area contributed by atoms with Gasteiger partial charge in [0.1, 0.15) is 5.82 Å². The number of anilines is 1. The lowest BCUT2D eigenvalue weighted by Crippen LogP contribution is -2.27. The van der Waals surface area contributed by atoms with E-state index in [9.17, 15) is 5.11 Å². The molecule has 1 fully saturated rings. The lowest BCUT2D eigenvalue weighted by Gasteiger charge is -2.31. The zero-order chi connectivity index (χ0) is 15.0. The van der Waals surface area contributed by atoms with Crippen LogP contribution in [0.25, 0.3) is 0 Å². The molecular formula is C17H28N2O. The largest absolute Gasteiger partial charge is 0.385 e. The van der Waals surface area contributed by atoms with Crippen LogP contribution in [0.4, 0.5) is 5.82 Å². The molecule has 0 radical (unpaired) electrons. The monoisotopic (exact) mass is 276 g/mol. The summed E-state index contributed by atoms with van der Waals surface area (Å²) in [5.41, 5.74) is 7.39. The van der Waals surface area contributed by atoms with Crippen molar-refractivity contribution in [1.29, 1.82) is 0 Å². The first-order chi connectivity index (χ1) is 9.22. The first-order valence-electron chi connectivity index (χ1n) is 7.67. The second-order valence-corrected chi connectivity index (χ2v) is 7.47. The Bertz CT molecular complexity index is 478. The quantitative estimate of drug-likeness (QED) is 0.767. The van der Waals surface area contributed by atoms with E-state index in [-0.39, 0.29) is 0 Å². The van der Waals surface area contributed by atoms with Gasteiger partial charge >= 0.3 is 0 Å². The maximum absolute atomic E-state index is 11.1. The second kappa shape index (κ2) is 5.36. The summed E-state index contributed by atoms with van der Waals surface area (Å²) >= 11 is 0. The minimum atomic E-state index is -0.802.